The summed E-state index contributed by atoms with van der Waals surface area (Å²) in [4.78, 5) is 32.9. The Hall–Kier alpha value is -3.09. The lowest BCUT2D eigenvalue weighted by atomic mass is 10.1. The van der Waals surface area contributed by atoms with Gasteiger partial charge >= 0.3 is 5.97 Å². The van der Waals surface area contributed by atoms with Crippen molar-refractivity contribution in [3.05, 3.63) is 51.4 Å². The summed E-state index contributed by atoms with van der Waals surface area (Å²) in [6.45, 7) is 1.27. The van der Waals surface area contributed by atoms with E-state index in [0.717, 1.165) is 17.0 Å². The Balaban J connectivity index is 1.62. The van der Waals surface area contributed by atoms with Gasteiger partial charge in [0.1, 0.15) is 15.8 Å². The zero-order valence-electron chi connectivity index (χ0n) is 15.0. The normalized spacial score (nSPS) is 11.5. The molecule has 0 aliphatic rings. The SMILES string of the molecule is COc1ccc(-c2nc(C(=O)OCC(=O)[C@H](C#N)c3nc(C)cs3)cs2)cc1. The summed E-state index contributed by atoms with van der Waals surface area (Å²) in [5.41, 5.74) is 1.69. The van der Waals surface area contributed by atoms with Crippen LogP contribution < -0.4 is 4.74 Å². The number of carbonyl (C=O) groups is 2. The van der Waals surface area contributed by atoms with Crippen molar-refractivity contribution in [3.63, 3.8) is 0 Å². The highest BCUT2D eigenvalue weighted by Gasteiger charge is 2.25. The Morgan fingerprint density at radius 2 is 1.93 bits per heavy atom. The number of aromatic nitrogens is 2. The maximum absolute atomic E-state index is 12.2. The number of ketones is 1. The van der Waals surface area contributed by atoms with Crippen molar-refractivity contribution in [2.45, 2.75) is 12.8 Å². The van der Waals surface area contributed by atoms with Gasteiger partial charge in [-0.3, -0.25) is 4.79 Å². The molecule has 3 rings (SSSR count). The standard InChI is InChI=1S/C19H15N3O4S2/c1-11-9-27-18(21-11)14(7-20)16(23)8-26-19(24)15-10-28-17(22-15)12-3-5-13(25-2)6-4-12/h3-6,9-10,14H,8H2,1-2H3/t14-/m0/s1. The van der Waals surface area contributed by atoms with Crippen LogP contribution in [-0.2, 0) is 9.53 Å². The van der Waals surface area contributed by atoms with Crippen molar-refractivity contribution in [2.75, 3.05) is 13.7 Å². The largest absolute Gasteiger partial charge is 0.497 e. The summed E-state index contributed by atoms with van der Waals surface area (Å²) in [5.74, 6) is -1.55. The van der Waals surface area contributed by atoms with Crippen LogP contribution in [0, 0.1) is 18.3 Å². The van der Waals surface area contributed by atoms with E-state index in [1.54, 1.807) is 36.9 Å². The first-order valence-corrected chi connectivity index (χ1v) is 9.89. The second-order valence-electron chi connectivity index (χ2n) is 5.70. The van der Waals surface area contributed by atoms with Gasteiger partial charge in [0.15, 0.2) is 24.0 Å². The van der Waals surface area contributed by atoms with Crippen LogP contribution in [0.3, 0.4) is 0 Å². The van der Waals surface area contributed by atoms with E-state index < -0.39 is 24.3 Å². The molecule has 1 atom stereocenters. The highest BCUT2D eigenvalue weighted by Crippen LogP contribution is 2.26. The Kier molecular flexibility index (Phi) is 6.13. The highest BCUT2D eigenvalue weighted by molar-refractivity contribution is 7.13. The molecule has 0 saturated carbocycles. The smallest absolute Gasteiger partial charge is 0.358 e. The zero-order chi connectivity index (χ0) is 20.1. The predicted octanol–water partition coefficient (Wildman–Crippen LogP) is 3.62. The molecule has 2 aromatic heterocycles. The number of rotatable bonds is 7. The van der Waals surface area contributed by atoms with Crippen molar-refractivity contribution < 1.29 is 19.1 Å². The van der Waals surface area contributed by atoms with Gasteiger partial charge in [-0.1, -0.05) is 0 Å². The first-order valence-electron chi connectivity index (χ1n) is 8.13. The second kappa shape index (κ2) is 8.73. The molecule has 0 unspecified atom stereocenters. The molecule has 2 heterocycles. The van der Waals surface area contributed by atoms with E-state index >= 15 is 0 Å². The number of Topliss-reactive ketones (excluding diaryl/α,β-unsaturated/α-hetero) is 1. The third kappa shape index (κ3) is 4.42. The molecule has 0 aliphatic carbocycles. The summed E-state index contributed by atoms with van der Waals surface area (Å²) in [6.07, 6.45) is 0. The van der Waals surface area contributed by atoms with Gasteiger partial charge in [0, 0.05) is 22.0 Å². The summed E-state index contributed by atoms with van der Waals surface area (Å²) in [7, 11) is 1.58. The van der Waals surface area contributed by atoms with Gasteiger partial charge in [-0.2, -0.15) is 5.26 Å². The van der Waals surface area contributed by atoms with Crippen LogP contribution in [0.15, 0.2) is 35.0 Å². The van der Waals surface area contributed by atoms with Gasteiger partial charge in [-0.25, -0.2) is 14.8 Å². The van der Waals surface area contributed by atoms with Crippen LogP contribution >= 0.6 is 22.7 Å². The van der Waals surface area contributed by atoms with Gasteiger partial charge in [0.05, 0.1) is 13.2 Å². The van der Waals surface area contributed by atoms with Gasteiger partial charge in [0.2, 0.25) is 0 Å². The number of benzene rings is 1. The van der Waals surface area contributed by atoms with Crippen molar-refractivity contribution in [1.29, 1.82) is 5.26 Å². The zero-order valence-corrected chi connectivity index (χ0v) is 16.7. The number of nitrogens with zero attached hydrogens (tertiary/aromatic N) is 3. The van der Waals surface area contributed by atoms with Crippen molar-refractivity contribution in [3.8, 4) is 22.4 Å². The molecule has 0 aliphatic heterocycles. The summed E-state index contributed by atoms with van der Waals surface area (Å²) in [6, 6.07) is 9.19. The number of thiazole rings is 2. The lowest BCUT2D eigenvalue weighted by Gasteiger charge is -2.05. The monoisotopic (exact) mass is 413 g/mol. The molecule has 0 spiro atoms. The minimum atomic E-state index is -1.04. The van der Waals surface area contributed by atoms with Crippen LogP contribution in [0.2, 0.25) is 0 Å². The molecule has 9 heteroatoms. The fraction of sp³-hybridized carbons (Fsp3) is 0.211. The molecule has 3 aromatic rings. The first-order chi connectivity index (χ1) is 13.5. The van der Waals surface area contributed by atoms with E-state index in [9.17, 15) is 14.9 Å². The average molecular weight is 413 g/mol. The molecular weight excluding hydrogens is 398 g/mol. The molecule has 1 aromatic carbocycles. The van der Waals surface area contributed by atoms with E-state index in [4.69, 9.17) is 9.47 Å². The molecule has 0 bridgehead atoms. The van der Waals surface area contributed by atoms with E-state index in [1.165, 1.54) is 22.7 Å². The molecule has 0 N–H and O–H groups in total. The molecule has 0 fully saturated rings. The van der Waals surface area contributed by atoms with Crippen molar-refractivity contribution in [2.24, 2.45) is 0 Å². The maximum Gasteiger partial charge on any atom is 0.358 e. The lowest BCUT2D eigenvalue weighted by Crippen LogP contribution is -2.20. The third-order valence-electron chi connectivity index (χ3n) is 3.73. The quantitative estimate of drug-likeness (QED) is 0.545. The Labute approximate surface area is 169 Å². The molecular formula is C19H15N3O4S2. The van der Waals surface area contributed by atoms with E-state index in [-0.39, 0.29) is 5.69 Å². The Morgan fingerprint density at radius 3 is 2.54 bits per heavy atom. The number of carbonyl (C=O) groups excluding carboxylic acids is 2. The molecule has 7 nitrogen and oxygen atoms in total. The molecule has 142 valence electrons. The van der Waals surface area contributed by atoms with E-state index in [2.05, 4.69) is 9.97 Å². The van der Waals surface area contributed by atoms with E-state index in [1.807, 2.05) is 18.2 Å². The van der Waals surface area contributed by atoms with Gasteiger partial charge < -0.3 is 9.47 Å². The summed E-state index contributed by atoms with van der Waals surface area (Å²) >= 11 is 2.52. The second-order valence-corrected chi connectivity index (χ2v) is 7.45. The molecule has 0 saturated heterocycles. The number of esters is 1. The number of aryl methyl sites for hydroxylation is 1. The Morgan fingerprint density at radius 1 is 1.18 bits per heavy atom. The number of hydrogen-bond acceptors (Lipinski definition) is 9. The van der Waals surface area contributed by atoms with Crippen LogP contribution in [0.25, 0.3) is 10.6 Å². The van der Waals surface area contributed by atoms with Crippen LogP contribution in [0.1, 0.15) is 27.1 Å². The highest BCUT2D eigenvalue weighted by atomic mass is 32.1. The number of hydrogen-bond donors (Lipinski definition) is 0. The van der Waals surface area contributed by atoms with Crippen LogP contribution in [0.4, 0.5) is 0 Å². The minimum Gasteiger partial charge on any atom is -0.497 e. The van der Waals surface area contributed by atoms with Gasteiger partial charge in [-0.05, 0) is 31.2 Å². The fourth-order valence-corrected chi connectivity index (χ4v) is 3.95. The fourth-order valence-electron chi connectivity index (χ4n) is 2.30. The lowest BCUT2D eigenvalue weighted by molar-refractivity contribution is -0.122. The summed E-state index contributed by atoms with van der Waals surface area (Å²) < 4.78 is 10.2. The van der Waals surface area contributed by atoms with Crippen molar-refractivity contribution >= 4 is 34.4 Å². The first kappa shape index (κ1) is 19.7. The van der Waals surface area contributed by atoms with Crippen LogP contribution in [0.5, 0.6) is 5.75 Å². The average Bonchev–Trinajstić information content (AvgIpc) is 3.36. The predicted molar refractivity (Wildman–Crippen MR) is 105 cm³/mol. The Bertz CT molecular complexity index is 1030. The molecule has 0 amide bonds. The van der Waals surface area contributed by atoms with E-state index in [0.29, 0.717) is 10.0 Å². The minimum absolute atomic E-state index is 0.113. The van der Waals surface area contributed by atoms with Crippen molar-refractivity contribution in [1.82, 2.24) is 9.97 Å². The number of nitriles is 1. The third-order valence-corrected chi connectivity index (χ3v) is 5.65. The number of methoxy groups -OCH3 is 1. The number of ether oxygens (including phenoxy) is 2. The maximum atomic E-state index is 12.2. The molecule has 0 radical (unpaired) electrons. The van der Waals surface area contributed by atoms with Gasteiger partial charge in [-0.15, -0.1) is 22.7 Å². The van der Waals surface area contributed by atoms with Crippen LogP contribution in [-0.4, -0.2) is 35.4 Å². The van der Waals surface area contributed by atoms with Gasteiger partial charge in [0.25, 0.3) is 0 Å². The summed E-state index contributed by atoms with van der Waals surface area (Å²) in [5, 5.41) is 13.6. The molecule has 28 heavy (non-hydrogen) atoms. The topological polar surface area (TPSA) is 102 Å².